The largest absolute Gasteiger partial charge is 0.348 e. The van der Waals surface area contributed by atoms with Gasteiger partial charge in [0.05, 0.1) is 20.9 Å². The van der Waals surface area contributed by atoms with Gasteiger partial charge in [-0.3, -0.25) is 14.9 Å². The van der Waals surface area contributed by atoms with Crippen LogP contribution in [0.4, 0.5) is 5.69 Å². The van der Waals surface area contributed by atoms with Crippen molar-refractivity contribution >= 4 is 37.4 Å². The highest BCUT2D eigenvalue weighted by Crippen LogP contribution is 2.25. The molecule has 20 heavy (non-hydrogen) atoms. The van der Waals surface area contributed by atoms with Crippen LogP contribution in [0.1, 0.15) is 16.8 Å². The van der Waals surface area contributed by atoms with Gasteiger partial charge in [0, 0.05) is 17.7 Å². The third-order valence-electron chi connectivity index (χ3n) is 2.97. The number of sulfone groups is 1. The number of hydrogen-bond acceptors (Lipinski definition) is 5. The van der Waals surface area contributed by atoms with Crippen LogP contribution in [0.5, 0.6) is 0 Å². The lowest BCUT2D eigenvalue weighted by molar-refractivity contribution is -0.385. The zero-order valence-electron chi connectivity index (χ0n) is 10.2. The molecule has 1 aliphatic heterocycles. The summed E-state index contributed by atoms with van der Waals surface area (Å²) in [6.07, 6.45) is 0.368. The predicted molar refractivity (Wildman–Crippen MR) is 75.3 cm³/mol. The molecule has 1 aromatic rings. The van der Waals surface area contributed by atoms with Crippen LogP contribution in [0.25, 0.3) is 0 Å². The quantitative estimate of drug-likeness (QED) is 0.643. The van der Waals surface area contributed by atoms with Crippen LogP contribution >= 0.6 is 15.9 Å². The number of nitro benzene ring substituents is 1. The topological polar surface area (TPSA) is 106 Å². The minimum atomic E-state index is -3.08. The van der Waals surface area contributed by atoms with E-state index in [9.17, 15) is 23.3 Å². The fourth-order valence-electron chi connectivity index (χ4n) is 1.97. The number of nitrogens with one attached hydrogen (secondary N) is 1. The number of carbonyl (C=O) groups is 1. The standard InChI is InChI=1S/C11H11BrN2O5S/c12-9-2-1-7(5-10(9)14(16)17)11(15)13-8-3-4-20(18,19)6-8/h1-2,5,8H,3-4,6H2,(H,13,15). The van der Waals surface area contributed by atoms with E-state index in [0.717, 1.165) is 6.07 Å². The zero-order chi connectivity index (χ0) is 14.9. The third-order valence-corrected chi connectivity index (χ3v) is 5.41. The van der Waals surface area contributed by atoms with Crippen LogP contribution < -0.4 is 5.32 Å². The van der Waals surface area contributed by atoms with Crippen LogP contribution in [-0.2, 0) is 9.84 Å². The average molecular weight is 363 g/mol. The van der Waals surface area contributed by atoms with Gasteiger partial charge in [0.25, 0.3) is 11.6 Å². The molecule has 1 aromatic carbocycles. The van der Waals surface area contributed by atoms with Crippen LogP contribution in [0.3, 0.4) is 0 Å². The normalized spacial score (nSPS) is 20.6. The number of benzene rings is 1. The van der Waals surface area contributed by atoms with Crippen molar-refractivity contribution in [2.45, 2.75) is 12.5 Å². The summed E-state index contributed by atoms with van der Waals surface area (Å²) in [5, 5.41) is 13.4. The van der Waals surface area contributed by atoms with Crippen molar-refractivity contribution in [3.8, 4) is 0 Å². The van der Waals surface area contributed by atoms with Crippen molar-refractivity contribution in [2.75, 3.05) is 11.5 Å². The van der Waals surface area contributed by atoms with Crippen LogP contribution in [0.2, 0.25) is 0 Å². The molecule has 1 N–H and O–H groups in total. The second-order valence-corrected chi connectivity index (χ2v) is 7.58. The Hall–Kier alpha value is -1.48. The molecule has 1 saturated heterocycles. The number of carbonyl (C=O) groups excluding carboxylic acids is 1. The van der Waals surface area contributed by atoms with Gasteiger partial charge in [-0.15, -0.1) is 0 Å². The Balaban J connectivity index is 2.14. The smallest absolute Gasteiger partial charge is 0.284 e. The molecule has 0 bridgehead atoms. The SMILES string of the molecule is O=C(NC1CCS(=O)(=O)C1)c1ccc(Br)c([N+](=O)[O-])c1. The maximum atomic E-state index is 12.0. The fourth-order valence-corrected chi connectivity index (χ4v) is 4.04. The molecule has 9 heteroatoms. The second kappa shape index (κ2) is 5.49. The zero-order valence-corrected chi connectivity index (χ0v) is 12.6. The van der Waals surface area contributed by atoms with Crippen molar-refractivity contribution in [1.82, 2.24) is 5.32 Å². The van der Waals surface area contributed by atoms with Gasteiger partial charge in [0.1, 0.15) is 0 Å². The summed E-state index contributed by atoms with van der Waals surface area (Å²) in [4.78, 5) is 22.1. The number of nitrogens with zero attached hydrogens (tertiary/aromatic N) is 1. The molecule has 2 rings (SSSR count). The molecule has 108 valence electrons. The van der Waals surface area contributed by atoms with Crippen molar-refractivity contribution in [3.05, 3.63) is 38.3 Å². The lowest BCUT2D eigenvalue weighted by atomic mass is 10.1. The molecule has 0 radical (unpaired) electrons. The summed E-state index contributed by atoms with van der Waals surface area (Å²) in [6, 6.07) is 3.58. The summed E-state index contributed by atoms with van der Waals surface area (Å²) in [5.41, 5.74) is -0.0825. The molecule has 0 aromatic heterocycles. The van der Waals surface area contributed by atoms with E-state index in [1.165, 1.54) is 12.1 Å². The first kappa shape index (κ1) is 14.9. The first-order valence-electron chi connectivity index (χ1n) is 5.74. The maximum absolute atomic E-state index is 12.0. The van der Waals surface area contributed by atoms with E-state index in [0.29, 0.717) is 6.42 Å². The van der Waals surface area contributed by atoms with Gasteiger partial charge in [-0.25, -0.2) is 8.42 Å². The van der Waals surface area contributed by atoms with Gasteiger partial charge in [-0.1, -0.05) is 0 Å². The molecule has 1 fully saturated rings. The van der Waals surface area contributed by atoms with Gasteiger partial charge in [0.2, 0.25) is 0 Å². The van der Waals surface area contributed by atoms with Crippen molar-refractivity contribution < 1.29 is 18.1 Å². The number of amides is 1. The molecule has 1 heterocycles. The Morgan fingerprint density at radius 3 is 2.70 bits per heavy atom. The van der Waals surface area contributed by atoms with E-state index in [2.05, 4.69) is 21.2 Å². The Bertz CT molecular complexity index is 673. The highest BCUT2D eigenvalue weighted by atomic mass is 79.9. The van der Waals surface area contributed by atoms with E-state index in [-0.39, 0.29) is 27.2 Å². The van der Waals surface area contributed by atoms with Crippen LogP contribution in [0.15, 0.2) is 22.7 Å². The molecule has 0 saturated carbocycles. The van der Waals surface area contributed by atoms with Crippen LogP contribution in [-0.4, -0.2) is 36.8 Å². The lowest BCUT2D eigenvalue weighted by Crippen LogP contribution is -2.35. The van der Waals surface area contributed by atoms with E-state index < -0.39 is 26.7 Å². The molecule has 0 spiro atoms. The predicted octanol–water partition coefficient (Wildman–Crippen LogP) is 1.27. The summed E-state index contributed by atoms with van der Waals surface area (Å²) in [5.74, 6) is -0.543. The minimum absolute atomic E-state index is 0.0540. The van der Waals surface area contributed by atoms with E-state index >= 15 is 0 Å². The highest BCUT2D eigenvalue weighted by Gasteiger charge is 2.29. The molecule has 7 nitrogen and oxygen atoms in total. The minimum Gasteiger partial charge on any atom is -0.348 e. The summed E-state index contributed by atoms with van der Waals surface area (Å²) in [7, 11) is -3.08. The molecule has 1 unspecified atom stereocenters. The molecule has 1 amide bonds. The molecular formula is C11H11BrN2O5S. The van der Waals surface area contributed by atoms with Gasteiger partial charge >= 0.3 is 0 Å². The van der Waals surface area contributed by atoms with E-state index in [4.69, 9.17) is 0 Å². The van der Waals surface area contributed by atoms with Crippen molar-refractivity contribution in [1.29, 1.82) is 0 Å². The monoisotopic (exact) mass is 362 g/mol. The summed E-state index contributed by atoms with van der Waals surface area (Å²) >= 11 is 3.03. The molecule has 1 atom stereocenters. The Morgan fingerprint density at radius 2 is 2.15 bits per heavy atom. The average Bonchev–Trinajstić information content (AvgIpc) is 2.68. The molecule has 0 aliphatic carbocycles. The van der Waals surface area contributed by atoms with Gasteiger partial charge in [0.15, 0.2) is 9.84 Å². The number of halogens is 1. The number of nitro groups is 1. The number of rotatable bonds is 3. The number of hydrogen-bond donors (Lipinski definition) is 1. The highest BCUT2D eigenvalue weighted by molar-refractivity contribution is 9.10. The maximum Gasteiger partial charge on any atom is 0.284 e. The second-order valence-electron chi connectivity index (χ2n) is 4.50. The molecule has 1 aliphatic rings. The summed E-state index contributed by atoms with van der Waals surface area (Å²) in [6.45, 7) is 0. The fraction of sp³-hybridized carbons (Fsp3) is 0.364. The lowest BCUT2D eigenvalue weighted by Gasteiger charge is -2.10. The van der Waals surface area contributed by atoms with E-state index in [1.807, 2.05) is 0 Å². The molecular weight excluding hydrogens is 352 g/mol. The van der Waals surface area contributed by atoms with Crippen molar-refractivity contribution in [3.63, 3.8) is 0 Å². The van der Waals surface area contributed by atoms with Crippen molar-refractivity contribution in [2.24, 2.45) is 0 Å². The van der Waals surface area contributed by atoms with Gasteiger partial charge in [-0.2, -0.15) is 0 Å². The third kappa shape index (κ3) is 3.34. The first-order chi connectivity index (χ1) is 9.28. The Labute approximate surface area is 123 Å². The van der Waals surface area contributed by atoms with Gasteiger partial charge in [-0.05, 0) is 34.5 Å². The van der Waals surface area contributed by atoms with Crippen LogP contribution in [0, 0.1) is 10.1 Å². The summed E-state index contributed by atoms with van der Waals surface area (Å²) < 4.78 is 22.9. The van der Waals surface area contributed by atoms with Gasteiger partial charge < -0.3 is 5.32 Å². The first-order valence-corrected chi connectivity index (χ1v) is 8.35. The Morgan fingerprint density at radius 1 is 1.45 bits per heavy atom. The van der Waals surface area contributed by atoms with E-state index in [1.54, 1.807) is 0 Å². The Kier molecular flexibility index (Phi) is 4.09.